The average Bonchev–Trinajstić information content (AvgIpc) is 3.21. The van der Waals surface area contributed by atoms with Crippen LogP contribution in [0.25, 0.3) is 0 Å². The number of likely N-dealkylation sites (tertiary alicyclic amines) is 1. The lowest BCUT2D eigenvalue weighted by atomic mass is 9.88. The molecule has 8 heteroatoms. The highest BCUT2D eigenvalue weighted by molar-refractivity contribution is 7.09. The highest BCUT2D eigenvalue weighted by atomic mass is 32.1. The maximum atomic E-state index is 12.9. The van der Waals surface area contributed by atoms with Gasteiger partial charge in [-0.1, -0.05) is 0 Å². The number of halogens is 1. The topological polar surface area (TPSA) is 63.2 Å². The Kier molecular flexibility index (Phi) is 4.43. The van der Waals surface area contributed by atoms with E-state index in [0.29, 0.717) is 12.6 Å². The van der Waals surface area contributed by atoms with E-state index in [0.717, 1.165) is 43.9 Å². The molecule has 0 radical (unpaired) electrons. The molecule has 2 aliphatic rings. The second-order valence-electron chi connectivity index (χ2n) is 6.50. The predicted octanol–water partition coefficient (Wildman–Crippen LogP) is 2.31. The summed E-state index contributed by atoms with van der Waals surface area (Å²) >= 11 is 1.70. The molecule has 6 nitrogen and oxygen atoms in total. The normalized spacial score (nSPS) is 27.6. The molecule has 2 aliphatic heterocycles. The van der Waals surface area contributed by atoms with Crippen LogP contribution >= 0.6 is 11.3 Å². The minimum absolute atomic E-state index is 0.104. The minimum atomic E-state index is -0.426. The van der Waals surface area contributed by atoms with Crippen LogP contribution in [0, 0.1) is 5.82 Å². The third-order valence-electron chi connectivity index (χ3n) is 4.62. The second kappa shape index (κ2) is 6.70. The Bertz CT molecular complexity index is 668. The van der Waals surface area contributed by atoms with Crippen molar-refractivity contribution >= 4 is 17.3 Å². The van der Waals surface area contributed by atoms with Crippen LogP contribution in [-0.4, -0.2) is 51.2 Å². The maximum Gasteiger partial charge on any atom is 0.223 e. The fourth-order valence-corrected chi connectivity index (χ4v) is 4.30. The van der Waals surface area contributed by atoms with Crippen LogP contribution in [0.4, 0.5) is 10.3 Å². The van der Waals surface area contributed by atoms with E-state index in [2.05, 4.69) is 25.2 Å². The zero-order chi connectivity index (χ0) is 16.4. The van der Waals surface area contributed by atoms with Crippen molar-refractivity contribution in [1.29, 1.82) is 0 Å². The fourth-order valence-electron chi connectivity index (χ4n) is 3.64. The Morgan fingerprint density at radius 3 is 3.04 bits per heavy atom. The molecule has 2 aromatic rings. The van der Waals surface area contributed by atoms with E-state index in [-0.39, 0.29) is 11.6 Å². The van der Waals surface area contributed by atoms with Gasteiger partial charge in [0, 0.05) is 24.5 Å². The molecule has 1 spiro atoms. The third-order valence-corrected chi connectivity index (χ3v) is 5.39. The molecule has 128 valence electrons. The van der Waals surface area contributed by atoms with Crippen molar-refractivity contribution < 1.29 is 9.13 Å². The number of hydrogen-bond donors (Lipinski definition) is 1. The Hall–Kier alpha value is -1.64. The number of thiazole rings is 1. The predicted molar refractivity (Wildman–Crippen MR) is 89.3 cm³/mol. The summed E-state index contributed by atoms with van der Waals surface area (Å²) in [6.07, 6.45) is 7.33. The standard InChI is InChI=1S/C16H20FN5OS/c17-12-7-19-15(20-8-12)21-13-6-16(23-10-13)2-1-4-22(11-16)9-14-18-3-5-24-14/h3,5,7-8,13H,1-2,4,6,9-11H2,(H,19,20,21)/t13-,16-/m1/s1. The van der Waals surface area contributed by atoms with E-state index in [1.807, 2.05) is 11.6 Å². The molecule has 0 aromatic carbocycles. The van der Waals surface area contributed by atoms with Gasteiger partial charge in [-0.25, -0.2) is 19.3 Å². The van der Waals surface area contributed by atoms with Gasteiger partial charge >= 0.3 is 0 Å². The molecule has 24 heavy (non-hydrogen) atoms. The van der Waals surface area contributed by atoms with Crippen molar-refractivity contribution in [3.05, 3.63) is 34.8 Å². The molecular weight excluding hydrogens is 329 g/mol. The summed E-state index contributed by atoms with van der Waals surface area (Å²) < 4.78 is 19.1. The quantitative estimate of drug-likeness (QED) is 0.914. The Morgan fingerprint density at radius 2 is 2.25 bits per heavy atom. The summed E-state index contributed by atoms with van der Waals surface area (Å²) in [7, 11) is 0. The van der Waals surface area contributed by atoms with Gasteiger partial charge in [0.25, 0.3) is 0 Å². The molecule has 2 saturated heterocycles. The van der Waals surface area contributed by atoms with E-state index < -0.39 is 5.82 Å². The Labute approximate surface area is 144 Å². The monoisotopic (exact) mass is 349 g/mol. The van der Waals surface area contributed by atoms with Crippen molar-refractivity contribution in [1.82, 2.24) is 19.9 Å². The molecule has 1 N–H and O–H groups in total. The van der Waals surface area contributed by atoms with Gasteiger partial charge in [-0.2, -0.15) is 0 Å². The van der Waals surface area contributed by atoms with E-state index in [9.17, 15) is 4.39 Å². The molecule has 2 fully saturated rings. The number of anilines is 1. The molecule has 2 aromatic heterocycles. The van der Waals surface area contributed by atoms with Gasteiger partial charge in [0.2, 0.25) is 5.95 Å². The lowest BCUT2D eigenvalue weighted by Gasteiger charge is -2.39. The van der Waals surface area contributed by atoms with Gasteiger partial charge in [0.15, 0.2) is 5.82 Å². The smallest absolute Gasteiger partial charge is 0.223 e. The maximum absolute atomic E-state index is 12.9. The molecule has 0 bridgehead atoms. The van der Waals surface area contributed by atoms with Crippen LogP contribution < -0.4 is 5.32 Å². The number of hydrogen-bond acceptors (Lipinski definition) is 7. The highest BCUT2D eigenvalue weighted by Gasteiger charge is 2.43. The van der Waals surface area contributed by atoms with Crippen molar-refractivity contribution in [2.24, 2.45) is 0 Å². The lowest BCUT2D eigenvalue weighted by molar-refractivity contribution is -0.0533. The molecule has 2 atom stereocenters. The first-order valence-corrected chi connectivity index (χ1v) is 9.08. The first-order chi connectivity index (χ1) is 11.7. The zero-order valence-corrected chi connectivity index (χ0v) is 14.1. The number of rotatable bonds is 4. The SMILES string of the molecule is Fc1cnc(N[C@H]2CO[C@]3(CCCN(Cc4nccs4)C3)C2)nc1. The highest BCUT2D eigenvalue weighted by Crippen LogP contribution is 2.36. The number of piperidine rings is 1. The van der Waals surface area contributed by atoms with Crippen LogP contribution in [-0.2, 0) is 11.3 Å². The zero-order valence-electron chi connectivity index (χ0n) is 13.3. The summed E-state index contributed by atoms with van der Waals surface area (Å²) in [5.74, 6) is 0.0299. The third kappa shape index (κ3) is 3.55. The molecule has 0 aliphatic carbocycles. The van der Waals surface area contributed by atoms with Crippen molar-refractivity contribution in [3.63, 3.8) is 0 Å². The molecular formula is C16H20FN5OS. The number of aromatic nitrogens is 3. The van der Waals surface area contributed by atoms with Crippen LogP contribution in [0.15, 0.2) is 24.0 Å². The molecule has 0 saturated carbocycles. The van der Waals surface area contributed by atoms with Gasteiger partial charge in [-0.3, -0.25) is 4.90 Å². The molecule has 4 rings (SSSR count). The van der Waals surface area contributed by atoms with Gasteiger partial charge in [0.1, 0.15) is 5.01 Å². The number of nitrogens with zero attached hydrogens (tertiary/aromatic N) is 4. The first-order valence-electron chi connectivity index (χ1n) is 8.20. The summed E-state index contributed by atoms with van der Waals surface area (Å²) in [5.41, 5.74) is -0.104. The van der Waals surface area contributed by atoms with E-state index in [1.54, 1.807) is 11.3 Å². The second-order valence-corrected chi connectivity index (χ2v) is 7.48. The van der Waals surface area contributed by atoms with E-state index >= 15 is 0 Å². The fraction of sp³-hybridized carbons (Fsp3) is 0.562. The first kappa shape index (κ1) is 15.9. The van der Waals surface area contributed by atoms with Crippen LogP contribution in [0.5, 0.6) is 0 Å². The van der Waals surface area contributed by atoms with Crippen LogP contribution in [0.2, 0.25) is 0 Å². The summed E-state index contributed by atoms with van der Waals surface area (Å²) in [6.45, 7) is 3.53. The van der Waals surface area contributed by atoms with E-state index in [4.69, 9.17) is 4.74 Å². The van der Waals surface area contributed by atoms with Gasteiger partial charge < -0.3 is 10.1 Å². The van der Waals surface area contributed by atoms with Gasteiger partial charge in [-0.05, 0) is 19.4 Å². The van der Waals surface area contributed by atoms with Crippen molar-refractivity contribution in [2.75, 3.05) is 25.0 Å². The molecule has 0 amide bonds. The number of ether oxygens (including phenoxy) is 1. The van der Waals surface area contributed by atoms with Crippen LogP contribution in [0.3, 0.4) is 0 Å². The molecule has 0 unspecified atom stereocenters. The van der Waals surface area contributed by atoms with Gasteiger partial charge in [-0.15, -0.1) is 11.3 Å². The lowest BCUT2D eigenvalue weighted by Crippen LogP contribution is -2.47. The number of nitrogens with one attached hydrogen (secondary N) is 1. The average molecular weight is 349 g/mol. The minimum Gasteiger partial charge on any atom is -0.371 e. The largest absolute Gasteiger partial charge is 0.371 e. The summed E-state index contributed by atoms with van der Waals surface area (Å²) in [4.78, 5) is 14.7. The van der Waals surface area contributed by atoms with E-state index in [1.165, 1.54) is 12.4 Å². The molecule has 4 heterocycles. The van der Waals surface area contributed by atoms with Gasteiger partial charge in [0.05, 0.1) is 37.2 Å². The summed E-state index contributed by atoms with van der Waals surface area (Å²) in [6, 6.07) is 0.162. The van der Waals surface area contributed by atoms with Crippen LogP contribution in [0.1, 0.15) is 24.3 Å². The van der Waals surface area contributed by atoms with Crippen molar-refractivity contribution in [2.45, 2.75) is 37.5 Å². The Morgan fingerprint density at radius 1 is 1.38 bits per heavy atom. The summed E-state index contributed by atoms with van der Waals surface area (Å²) in [5, 5.41) is 6.43. The van der Waals surface area contributed by atoms with Crippen molar-refractivity contribution in [3.8, 4) is 0 Å². The Balaban J connectivity index is 1.36.